The smallest absolute Gasteiger partial charge is 0.310 e. The fraction of sp³-hybridized carbons (Fsp3) is 0.636. The molecule has 4 fully saturated rings. The second kappa shape index (κ2) is 7.30. The number of carbonyl (C=O) groups is 2. The Labute approximate surface area is 164 Å². The Balaban J connectivity index is 1.16. The molecule has 1 aromatic rings. The van der Waals surface area contributed by atoms with Crippen LogP contribution in [0.3, 0.4) is 0 Å². The quantitative estimate of drug-likeness (QED) is 0.804. The molecule has 28 heavy (non-hydrogen) atoms. The van der Waals surface area contributed by atoms with Crippen molar-refractivity contribution in [3.8, 4) is 11.5 Å². The number of rotatable bonds is 4. The summed E-state index contributed by atoms with van der Waals surface area (Å²) in [6, 6.07) is 5.31. The number of nitrogens with one attached hydrogen (secondary N) is 1. The van der Waals surface area contributed by atoms with Gasteiger partial charge in [-0.3, -0.25) is 9.59 Å². The van der Waals surface area contributed by atoms with Gasteiger partial charge in [-0.15, -0.1) is 0 Å². The Kier molecular flexibility index (Phi) is 4.65. The van der Waals surface area contributed by atoms with Gasteiger partial charge >= 0.3 is 5.97 Å². The minimum absolute atomic E-state index is 0.00126. The normalized spacial score (nSPS) is 32.5. The second-order valence-corrected chi connectivity index (χ2v) is 8.82. The summed E-state index contributed by atoms with van der Waals surface area (Å²) in [7, 11) is 0. The van der Waals surface area contributed by atoms with Crippen molar-refractivity contribution in [3.05, 3.63) is 18.2 Å². The molecule has 0 aromatic heterocycles. The lowest BCUT2D eigenvalue weighted by Gasteiger charge is -2.53. The molecule has 0 radical (unpaired) electrons. The van der Waals surface area contributed by atoms with Crippen molar-refractivity contribution in [2.75, 3.05) is 25.1 Å². The molecule has 1 aliphatic heterocycles. The molecule has 1 aromatic carbocycles. The first kappa shape index (κ1) is 17.8. The minimum Gasteiger partial charge on any atom is -0.490 e. The fourth-order valence-corrected chi connectivity index (χ4v) is 5.98. The van der Waals surface area contributed by atoms with Gasteiger partial charge in [-0.25, -0.2) is 0 Å². The Bertz CT molecular complexity index is 748. The molecule has 150 valence electrons. The van der Waals surface area contributed by atoms with E-state index in [1.165, 1.54) is 6.42 Å². The first-order valence-electron chi connectivity index (χ1n) is 10.5. The summed E-state index contributed by atoms with van der Waals surface area (Å²) in [4.78, 5) is 25.0. The molecule has 1 heterocycles. The molecule has 0 saturated heterocycles. The van der Waals surface area contributed by atoms with Gasteiger partial charge in [0.25, 0.3) is 5.91 Å². The summed E-state index contributed by atoms with van der Waals surface area (Å²) in [6.45, 7) is 0.975. The monoisotopic (exact) mass is 385 g/mol. The highest BCUT2D eigenvalue weighted by molar-refractivity contribution is 5.93. The molecular weight excluding hydrogens is 358 g/mol. The largest absolute Gasteiger partial charge is 0.490 e. The van der Waals surface area contributed by atoms with Crippen LogP contribution < -0.4 is 14.8 Å². The number of anilines is 1. The van der Waals surface area contributed by atoms with E-state index >= 15 is 0 Å². The van der Waals surface area contributed by atoms with E-state index in [9.17, 15) is 9.59 Å². The van der Waals surface area contributed by atoms with Crippen LogP contribution in [0, 0.1) is 29.6 Å². The maximum absolute atomic E-state index is 12.7. The number of carbonyl (C=O) groups excluding carboxylic acids is 2. The molecule has 0 atom stereocenters. The van der Waals surface area contributed by atoms with Gasteiger partial charge in [-0.2, -0.15) is 0 Å². The molecule has 1 N–H and O–H groups in total. The summed E-state index contributed by atoms with van der Waals surface area (Å²) in [5.41, 5.74) is 0.611. The molecule has 1 amide bonds. The van der Waals surface area contributed by atoms with Crippen molar-refractivity contribution < 1.29 is 23.8 Å². The number of benzene rings is 1. The van der Waals surface area contributed by atoms with Crippen LogP contribution in [0.2, 0.25) is 0 Å². The zero-order valence-electron chi connectivity index (χ0n) is 16.0. The number of hydrogen-bond acceptors (Lipinski definition) is 5. The third-order valence-corrected chi connectivity index (χ3v) is 6.88. The number of esters is 1. The van der Waals surface area contributed by atoms with Crippen molar-refractivity contribution in [3.63, 3.8) is 0 Å². The average molecular weight is 385 g/mol. The van der Waals surface area contributed by atoms with Crippen LogP contribution in [-0.4, -0.2) is 31.7 Å². The molecule has 0 spiro atoms. The highest BCUT2D eigenvalue weighted by Gasteiger charge is 2.51. The Morgan fingerprint density at radius 2 is 1.64 bits per heavy atom. The summed E-state index contributed by atoms with van der Waals surface area (Å²) >= 11 is 0. The summed E-state index contributed by atoms with van der Waals surface area (Å²) < 4.78 is 16.7. The van der Waals surface area contributed by atoms with E-state index in [4.69, 9.17) is 14.2 Å². The first-order chi connectivity index (χ1) is 13.7. The van der Waals surface area contributed by atoms with Gasteiger partial charge in [-0.1, -0.05) is 0 Å². The second-order valence-electron chi connectivity index (χ2n) is 8.82. The minimum atomic E-state index is -0.327. The number of amides is 1. The van der Waals surface area contributed by atoms with E-state index in [1.54, 1.807) is 18.2 Å². The lowest BCUT2D eigenvalue weighted by Crippen LogP contribution is -2.48. The Morgan fingerprint density at radius 1 is 0.964 bits per heavy atom. The van der Waals surface area contributed by atoms with Gasteiger partial charge < -0.3 is 19.5 Å². The number of ether oxygens (including phenoxy) is 3. The highest BCUT2D eigenvalue weighted by Crippen LogP contribution is 2.56. The molecule has 6 rings (SSSR count). The number of fused-ring (bicyclic) bond motifs is 1. The molecule has 6 nitrogen and oxygen atoms in total. The Morgan fingerprint density at radius 3 is 2.36 bits per heavy atom. The van der Waals surface area contributed by atoms with Gasteiger partial charge in [0.1, 0.15) is 0 Å². The van der Waals surface area contributed by atoms with Crippen molar-refractivity contribution in [2.45, 2.75) is 38.5 Å². The third-order valence-electron chi connectivity index (χ3n) is 6.88. The fourth-order valence-electron chi connectivity index (χ4n) is 5.98. The van der Waals surface area contributed by atoms with E-state index in [-0.39, 0.29) is 24.4 Å². The van der Waals surface area contributed by atoms with Gasteiger partial charge in [0.15, 0.2) is 18.1 Å². The van der Waals surface area contributed by atoms with Crippen LogP contribution in [0.15, 0.2) is 18.2 Å². The van der Waals surface area contributed by atoms with Gasteiger partial charge in [0.2, 0.25) is 0 Å². The van der Waals surface area contributed by atoms with Gasteiger partial charge in [0.05, 0.1) is 19.1 Å². The van der Waals surface area contributed by atoms with E-state index in [1.807, 2.05) is 0 Å². The van der Waals surface area contributed by atoms with Crippen LogP contribution in [-0.2, 0) is 14.3 Å². The average Bonchev–Trinajstić information content (AvgIpc) is 2.90. The van der Waals surface area contributed by atoms with Crippen LogP contribution in [0.25, 0.3) is 0 Å². The van der Waals surface area contributed by atoms with Gasteiger partial charge in [0, 0.05) is 18.2 Å². The lowest BCUT2D eigenvalue weighted by molar-refractivity contribution is -0.164. The highest BCUT2D eigenvalue weighted by atomic mass is 16.5. The van der Waals surface area contributed by atoms with Crippen LogP contribution >= 0.6 is 0 Å². The van der Waals surface area contributed by atoms with Crippen molar-refractivity contribution in [1.82, 2.24) is 0 Å². The molecule has 4 saturated carbocycles. The van der Waals surface area contributed by atoms with E-state index in [0.717, 1.165) is 43.9 Å². The first-order valence-corrected chi connectivity index (χ1v) is 10.5. The lowest BCUT2D eigenvalue weighted by atomic mass is 9.52. The van der Waals surface area contributed by atoms with E-state index in [0.29, 0.717) is 42.2 Å². The van der Waals surface area contributed by atoms with E-state index < -0.39 is 0 Å². The molecule has 4 bridgehead atoms. The predicted octanol–water partition coefficient (Wildman–Crippen LogP) is 3.40. The predicted molar refractivity (Wildman–Crippen MR) is 102 cm³/mol. The molecule has 4 aliphatic carbocycles. The summed E-state index contributed by atoms with van der Waals surface area (Å²) in [5.74, 6) is 3.36. The summed E-state index contributed by atoms with van der Waals surface area (Å²) in [6.07, 6.45) is 6.84. The van der Waals surface area contributed by atoms with Crippen LogP contribution in [0.5, 0.6) is 11.5 Å². The molecule has 5 aliphatic rings. The standard InChI is InChI=1S/C22H27NO5/c24-20(23-17-2-3-18-19(11-17)27-5-1-4-26-18)12-28-22(25)21-15-7-13-6-14(9-15)10-16(21)8-13/h2-3,11,13-16,21H,1,4-10,12H2,(H,23,24). The van der Waals surface area contributed by atoms with Crippen LogP contribution in [0.1, 0.15) is 38.5 Å². The maximum Gasteiger partial charge on any atom is 0.310 e. The number of hydrogen-bond donors (Lipinski definition) is 1. The van der Waals surface area contributed by atoms with E-state index in [2.05, 4.69) is 5.32 Å². The Hall–Kier alpha value is -2.24. The molecule has 0 unspecified atom stereocenters. The SMILES string of the molecule is O=C(COC(=O)C1C2CC3CC(C2)CC1C3)Nc1ccc2c(c1)OCCCO2. The van der Waals surface area contributed by atoms with Gasteiger partial charge in [-0.05, 0) is 67.9 Å². The topological polar surface area (TPSA) is 73.9 Å². The third kappa shape index (κ3) is 3.45. The van der Waals surface area contributed by atoms with Crippen molar-refractivity contribution in [2.24, 2.45) is 29.6 Å². The van der Waals surface area contributed by atoms with Crippen LogP contribution in [0.4, 0.5) is 5.69 Å². The molecular formula is C22H27NO5. The van der Waals surface area contributed by atoms with Crippen molar-refractivity contribution in [1.29, 1.82) is 0 Å². The molecule has 6 heteroatoms. The zero-order chi connectivity index (χ0) is 19.1. The zero-order valence-corrected chi connectivity index (χ0v) is 16.0. The summed E-state index contributed by atoms with van der Waals surface area (Å²) in [5, 5.41) is 2.78. The van der Waals surface area contributed by atoms with Crippen molar-refractivity contribution >= 4 is 17.6 Å². The maximum atomic E-state index is 12.7.